The largest absolute Gasteiger partial charge is 0.469 e. The first-order chi connectivity index (χ1) is 17.5. The Balaban J connectivity index is 1.88. The Kier molecular flexibility index (Phi) is 7.14. The summed E-state index contributed by atoms with van der Waals surface area (Å²) >= 11 is 1.21. The maximum Gasteiger partial charge on any atom is 0.416 e. The highest BCUT2D eigenvalue weighted by Crippen LogP contribution is 2.49. The predicted octanol–water partition coefficient (Wildman–Crippen LogP) is 5.67. The standard InChI is InChI=1S/C27H25F3N2O4S/c1-15-20(23(33)35-3)21(16-9-6-5-7-10-16)22(24(34)36-4)26(2,32-15)25-31-19(14-37-25)17-11-8-12-18(13-17)27(28,29)30/h5-14,21-22,32H,1-4H3. The molecule has 1 aromatic heterocycles. The van der Waals surface area contributed by atoms with Crippen LogP contribution in [0.15, 0.2) is 71.2 Å². The van der Waals surface area contributed by atoms with Gasteiger partial charge in [0.05, 0.1) is 37.0 Å². The molecule has 4 rings (SSSR count). The SMILES string of the molecule is COC(=O)C1=C(C)NC(C)(c2nc(-c3cccc(C(F)(F)F)c3)cs2)C(C(=O)OC)C1c1ccccc1. The van der Waals surface area contributed by atoms with Crippen molar-refractivity contribution in [2.75, 3.05) is 14.2 Å². The number of nitrogens with zero attached hydrogens (tertiary/aromatic N) is 1. The summed E-state index contributed by atoms with van der Waals surface area (Å²) in [5.41, 5.74) is 0.206. The van der Waals surface area contributed by atoms with Crippen molar-refractivity contribution in [2.24, 2.45) is 5.92 Å². The molecular weight excluding hydrogens is 505 g/mol. The molecule has 3 unspecified atom stereocenters. The lowest BCUT2D eigenvalue weighted by atomic mass is 9.67. The molecule has 2 aromatic carbocycles. The number of rotatable bonds is 5. The number of benzene rings is 2. The third-order valence-electron chi connectivity index (χ3n) is 6.57. The van der Waals surface area contributed by atoms with Crippen LogP contribution in [0.25, 0.3) is 11.3 Å². The monoisotopic (exact) mass is 530 g/mol. The number of hydrogen-bond donors (Lipinski definition) is 1. The average Bonchev–Trinajstić information content (AvgIpc) is 3.39. The van der Waals surface area contributed by atoms with E-state index in [-0.39, 0.29) is 5.57 Å². The maximum absolute atomic E-state index is 13.3. The summed E-state index contributed by atoms with van der Waals surface area (Å²) in [6.07, 6.45) is -4.49. The highest BCUT2D eigenvalue weighted by atomic mass is 32.1. The molecule has 6 nitrogen and oxygen atoms in total. The molecule has 1 N–H and O–H groups in total. The molecular formula is C27H25F3N2O4S. The number of carbonyl (C=O) groups is 2. The first-order valence-corrected chi connectivity index (χ1v) is 12.2. The molecule has 0 aliphatic carbocycles. The van der Waals surface area contributed by atoms with Crippen molar-refractivity contribution in [1.29, 1.82) is 0 Å². The van der Waals surface area contributed by atoms with Crippen LogP contribution in [0.4, 0.5) is 13.2 Å². The van der Waals surface area contributed by atoms with Crippen molar-refractivity contribution in [2.45, 2.75) is 31.5 Å². The second-order valence-corrected chi connectivity index (χ2v) is 9.72. The summed E-state index contributed by atoms with van der Waals surface area (Å²) in [4.78, 5) is 30.9. The number of ether oxygens (including phenoxy) is 2. The van der Waals surface area contributed by atoms with E-state index in [0.717, 1.165) is 12.1 Å². The van der Waals surface area contributed by atoms with E-state index in [1.165, 1.54) is 31.6 Å². The van der Waals surface area contributed by atoms with E-state index in [1.807, 2.05) is 30.3 Å². The van der Waals surface area contributed by atoms with Crippen LogP contribution in [-0.4, -0.2) is 31.1 Å². The van der Waals surface area contributed by atoms with E-state index in [1.54, 1.807) is 25.3 Å². The summed E-state index contributed by atoms with van der Waals surface area (Å²) in [6, 6.07) is 14.0. The van der Waals surface area contributed by atoms with Gasteiger partial charge in [0, 0.05) is 22.6 Å². The van der Waals surface area contributed by atoms with Crippen LogP contribution in [0.1, 0.15) is 35.9 Å². The first-order valence-electron chi connectivity index (χ1n) is 11.3. The molecule has 0 bridgehead atoms. The van der Waals surface area contributed by atoms with Crippen LogP contribution in [0.3, 0.4) is 0 Å². The Morgan fingerprint density at radius 1 is 1.05 bits per heavy atom. The van der Waals surface area contributed by atoms with Gasteiger partial charge in [0.2, 0.25) is 0 Å². The normalized spacial score (nSPS) is 21.8. The summed E-state index contributed by atoms with van der Waals surface area (Å²) < 4.78 is 50.1. The van der Waals surface area contributed by atoms with E-state index in [0.29, 0.717) is 27.5 Å². The highest BCUT2D eigenvalue weighted by Gasteiger charge is 2.54. The molecule has 0 spiro atoms. The zero-order valence-corrected chi connectivity index (χ0v) is 21.4. The number of allylic oxidation sites excluding steroid dienone is 1. The maximum atomic E-state index is 13.3. The van der Waals surface area contributed by atoms with Crippen LogP contribution in [0.2, 0.25) is 0 Å². The van der Waals surface area contributed by atoms with Crippen LogP contribution < -0.4 is 5.32 Å². The number of aromatic nitrogens is 1. The van der Waals surface area contributed by atoms with E-state index in [4.69, 9.17) is 9.47 Å². The fourth-order valence-electron chi connectivity index (χ4n) is 4.86. The van der Waals surface area contributed by atoms with Gasteiger partial charge in [0.1, 0.15) is 10.5 Å². The molecule has 0 saturated heterocycles. The number of carbonyl (C=O) groups excluding carboxylic acids is 2. The second kappa shape index (κ2) is 10.0. The fraction of sp³-hybridized carbons (Fsp3) is 0.296. The molecule has 194 valence electrons. The summed E-state index contributed by atoms with van der Waals surface area (Å²) in [7, 11) is 2.54. The zero-order chi connectivity index (χ0) is 27.0. The van der Waals surface area contributed by atoms with Crippen molar-refractivity contribution < 1.29 is 32.2 Å². The van der Waals surface area contributed by atoms with E-state index in [9.17, 15) is 22.8 Å². The van der Waals surface area contributed by atoms with Crippen LogP contribution in [0, 0.1) is 5.92 Å². The minimum Gasteiger partial charge on any atom is -0.469 e. The minimum absolute atomic E-state index is 0.288. The van der Waals surface area contributed by atoms with Gasteiger partial charge in [-0.05, 0) is 31.5 Å². The van der Waals surface area contributed by atoms with Gasteiger partial charge < -0.3 is 14.8 Å². The molecule has 1 aliphatic rings. The second-order valence-electron chi connectivity index (χ2n) is 8.86. The molecule has 2 heterocycles. The molecule has 37 heavy (non-hydrogen) atoms. The molecule has 1 aliphatic heterocycles. The zero-order valence-electron chi connectivity index (χ0n) is 20.6. The highest BCUT2D eigenvalue weighted by molar-refractivity contribution is 7.10. The minimum atomic E-state index is -4.49. The van der Waals surface area contributed by atoms with Crippen molar-refractivity contribution in [3.63, 3.8) is 0 Å². The number of esters is 2. The molecule has 0 amide bonds. The molecule has 0 saturated carbocycles. The Morgan fingerprint density at radius 2 is 1.76 bits per heavy atom. The fourth-order valence-corrected chi connectivity index (χ4v) is 5.85. The number of methoxy groups -OCH3 is 2. The van der Waals surface area contributed by atoms with E-state index < -0.39 is 41.1 Å². The van der Waals surface area contributed by atoms with Crippen molar-refractivity contribution in [3.8, 4) is 11.3 Å². The molecule has 3 atom stereocenters. The van der Waals surface area contributed by atoms with Gasteiger partial charge >= 0.3 is 18.1 Å². The van der Waals surface area contributed by atoms with Crippen LogP contribution >= 0.6 is 11.3 Å². The number of thiazole rings is 1. The number of alkyl halides is 3. The van der Waals surface area contributed by atoms with E-state index >= 15 is 0 Å². The van der Waals surface area contributed by atoms with Crippen molar-refractivity contribution in [3.05, 3.63) is 87.4 Å². The molecule has 0 radical (unpaired) electrons. The van der Waals surface area contributed by atoms with Crippen LogP contribution in [-0.2, 0) is 30.8 Å². The molecule has 0 fully saturated rings. The van der Waals surface area contributed by atoms with Crippen molar-refractivity contribution in [1.82, 2.24) is 10.3 Å². The number of halogens is 3. The molecule has 3 aromatic rings. The lowest BCUT2D eigenvalue weighted by Gasteiger charge is -2.45. The van der Waals surface area contributed by atoms with Gasteiger partial charge in [0.15, 0.2) is 0 Å². The van der Waals surface area contributed by atoms with Crippen LogP contribution in [0.5, 0.6) is 0 Å². The lowest BCUT2D eigenvalue weighted by Crippen LogP contribution is -2.55. The Labute approximate surface area is 216 Å². The summed E-state index contributed by atoms with van der Waals surface area (Å²) in [5, 5.41) is 5.39. The predicted molar refractivity (Wildman–Crippen MR) is 132 cm³/mol. The lowest BCUT2D eigenvalue weighted by molar-refractivity contribution is -0.150. The third-order valence-corrected chi connectivity index (χ3v) is 7.65. The molecule has 10 heteroatoms. The Morgan fingerprint density at radius 3 is 2.38 bits per heavy atom. The smallest absolute Gasteiger partial charge is 0.416 e. The Bertz CT molecular complexity index is 1350. The van der Waals surface area contributed by atoms with Gasteiger partial charge in [-0.15, -0.1) is 11.3 Å². The average molecular weight is 531 g/mol. The van der Waals surface area contributed by atoms with E-state index in [2.05, 4.69) is 10.3 Å². The Hall–Kier alpha value is -3.66. The van der Waals surface area contributed by atoms with Crippen molar-refractivity contribution >= 4 is 23.3 Å². The van der Waals surface area contributed by atoms with Gasteiger partial charge in [-0.3, -0.25) is 4.79 Å². The number of nitrogens with one attached hydrogen (secondary N) is 1. The quantitative estimate of drug-likeness (QED) is 0.429. The van der Waals surface area contributed by atoms with Gasteiger partial charge in [-0.2, -0.15) is 13.2 Å². The van der Waals surface area contributed by atoms with Gasteiger partial charge in [0.25, 0.3) is 0 Å². The first kappa shape index (κ1) is 26.4. The third kappa shape index (κ3) is 4.85. The summed E-state index contributed by atoms with van der Waals surface area (Å²) in [5.74, 6) is -2.83. The topological polar surface area (TPSA) is 77.5 Å². The number of hydrogen-bond acceptors (Lipinski definition) is 7. The van der Waals surface area contributed by atoms with Gasteiger partial charge in [-0.25, -0.2) is 9.78 Å². The van der Waals surface area contributed by atoms with Gasteiger partial charge in [-0.1, -0.05) is 42.5 Å². The summed E-state index contributed by atoms with van der Waals surface area (Å²) in [6.45, 7) is 3.49.